The molecule has 0 unspecified atom stereocenters. The largest absolute Gasteiger partial charge is 0.474 e. The van der Waals surface area contributed by atoms with Crippen molar-refractivity contribution in [2.24, 2.45) is 0 Å². The number of halogens is 1. The molecule has 1 aliphatic heterocycles. The summed E-state index contributed by atoms with van der Waals surface area (Å²) in [6.07, 6.45) is 3.38. The van der Waals surface area contributed by atoms with Crippen LogP contribution >= 0.6 is 0 Å². The summed E-state index contributed by atoms with van der Waals surface area (Å²) in [6.45, 7) is 3.69. The van der Waals surface area contributed by atoms with E-state index in [9.17, 15) is 4.39 Å². The van der Waals surface area contributed by atoms with E-state index in [-0.39, 0.29) is 11.9 Å². The fraction of sp³-hybridized carbons (Fsp3) is 0.375. The number of hydrogen-bond acceptors (Lipinski definition) is 5. The molecule has 1 aromatic heterocycles. The quantitative estimate of drug-likeness (QED) is 0.941. The maximum absolute atomic E-state index is 13.7. The van der Waals surface area contributed by atoms with E-state index in [1.807, 2.05) is 6.92 Å². The van der Waals surface area contributed by atoms with Crippen LogP contribution in [0.25, 0.3) is 0 Å². The van der Waals surface area contributed by atoms with Crippen LogP contribution in [0.2, 0.25) is 0 Å². The van der Waals surface area contributed by atoms with Crippen molar-refractivity contribution in [3.8, 4) is 17.5 Å². The Balaban J connectivity index is 1.78. The monoisotopic (exact) mass is 303 g/mol. The molecule has 0 radical (unpaired) electrons. The molecule has 1 N–H and O–H groups in total. The summed E-state index contributed by atoms with van der Waals surface area (Å²) in [5.74, 6) is 0.510. The van der Waals surface area contributed by atoms with Crippen molar-refractivity contribution in [3.05, 3.63) is 42.0 Å². The van der Waals surface area contributed by atoms with Crippen molar-refractivity contribution < 1.29 is 13.9 Å². The number of benzene rings is 1. The van der Waals surface area contributed by atoms with Gasteiger partial charge in [-0.05, 0) is 45.0 Å². The van der Waals surface area contributed by atoms with Gasteiger partial charge in [-0.2, -0.15) is 0 Å². The summed E-state index contributed by atoms with van der Waals surface area (Å²) in [5.41, 5.74) is 0.671. The molecule has 1 aliphatic rings. The maximum Gasteiger partial charge on any atom is 0.229 e. The molecular weight excluding hydrogens is 285 g/mol. The first-order valence-electron chi connectivity index (χ1n) is 7.35. The second-order valence-corrected chi connectivity index (χ2v) is 5.21. The Bertz CT molecular complexity index is 645. The van der Waals surface area contributed by atoms with Crippen molar-refractivity contribution in [1.29, 1.82) is 0 Å². The summed E-state index contributed by atoms with van der Waals surface area (Å²) in [5, 5.41) is 3.29. The van der Waals surface area contributed by atoms with Crippen LogP contribution in [0.4, 0.5) is 4.39 Å². The summed E-state index contributed by atoms with van der Waals surface area (Å²) in [6, 6.07) is 6.23. The second-order valence-electron chi connectivity index (χ2n) is 5.21. The Morgan fingerprint density at radius 2 is 1.86 bits per heavy atom. The fourth-order valence-electron chi connectivity index (χ4n) is 2.34. The number of rotatable bonds is 4. The molecule has 2 heterocycles. The summed E-state index contributed by atoms with van der Waals surface area (Å²) < 4.78 is 25.2. The average Bonchev–Trinajstić information content (AvgIpc) is 2.54. The Labute approximate surface area is 128 Å². The fourth-order valence-corrected chi connectivity index (χ4v) is 2.34. The van der Waals surface area contributed by atoms with Gasteiger partial charge in [0.05, 0.1) is 5.56 Å². The molecule has 22 heavy (non-hydrogen) atoms. The molecule has 1 fully saturated rings. The van der Waals surface area contributed by atoms with Gasteiger partial charge in [0.15, 0.2) is 11.6 Å². The van der Waals surface area contributed by atoms with Crippen molar-refractivity contribution in [2.45, 2.75) is 25.9 Å². The van der Waals surface area contributed by atoms with Crippen LogP contribution in [-0.4, -0.2) is 29.2 Å². The minimum atomic E-state index is -0.429. The standard InChI is InChI=1S/C16H18FN3O2/c1-11-15(21-12-6-8-18-9-7-12)19-10-20-16(11)22-14-5-3-2-4-13(14)17/h2-5,10,12,18H,6-9H2,1H3. The Morgan fingerprint density at radius 3 is 2.64 bits per heavy atom. The zero-order valence-corrected chi connectivity index (χ0v) is 12.4. The zero-order chi connectivity index (χ0) is 15.4. The number of ether oxygens (including phenoxy) is 2. The number of hydrogen-bond donors (Lipinski definition) is 1. The van der Waals surface area contributed by atoms with Crippen LogP contribution in [0, 0.1) is 12.7 Å². The van der Waals surface area contributed by atoms with Crippen LogP contribution in [0.5, 0.6) is 17.5 Å². The molecule has 0 atom stereocenters. The van der Waals surface area contributed by atoms with E-state index in [1.54, 1.807) is 18.2 Å². The van der Waals surface area contributed by atoms with Gasteiger partial charge in [0.1, 0.15) is 12.4 Å². The van der Waals surface area contributed by atoms with Crippen LogP contribution in [-0.2, 0) is 0 Å². The molecule has 0 saturated carbocycles. The highest BCUT2D eigenvalue weighted by molar-refractivity contribution is 5.37. The van der Waals surface area contributed by atoms with E-state index in [0.29, 0.717) is 17.3 Å². The van der Waals surface area contributed by atoms with Crippen molar-refractivity contribution in [2.75, 3.05) is 13.1 Å². The van der Waals surface area contributed by atoms with Gasteiger partial charge in [-0.15, -0.1) is 0 Å². The van der Waals surface area contributed by atoms with Crippen molar-refractivity contribution in [3.63, 3.8) is 0 Å². The highest BCUT2D eigenvalue weighted by atomic mass is 19.1. The lowest BCUT2D eigenvalue weighted by Gasteiger charge is -2.24. The van der Waals surface area contributed by atoms with E-state index >= 15 is 0 Å². The van der Waals surface area contributed by atoms with Crippen LogP contribution < -0.4 is 14.8 Å². The molecule has 6 heteroatoms. The minimum absolute atomic E-state index is 0.135. The molecule has 2 aromatic rings. The van der Waals surface area contributed by atoms with E-state index in [4.69, 9.17) is 9.47 Å². The molecule has 5 nitrogen and oxygen atoms in total. The SMILES string of the molecule is Cc1c(Oc2ccccc2F)ncnc1OC1CCNCC1. The first kappa shape index (κ1) is 14.7. The predicted molar refractivity (Wildman–Crippen MR) is 79.8 cm³/mol. The highest BCUT2D eigenvalue weighted by Gasteiger charge is 2.18. The number of nitrogens with zero attached hydrogens (tertiary/aromatic N) is 2. The van der Waals surface area contributed by atoms with Gasteiger partial charge in [-0.3, -0.25) is 0 Å². The molecule has 1 aromatic carbocycles. The van der Waals surface area contributed by atoms with Gasteiger partial charge in [0.25, 0.3) is 0 Å². The molecule has 1 saturated heterocycles. The van der Waals surface area contributed by atoms with E-state index < -0.39 is 5.82 Å². The van der Waals surface area contributed by atoms with Crippen molar-refractivity contribution in [1.82, 2.24) is 15.3 Å². The number of nitrogens with one attached hydrogen (secondary N) is 1. The van der Waals surface area contributed by atoms with Crippen LogP contribution in [0.3, 0.4) is 0 Å². The Hall–Kier alpha value is -2.21. The molecular formula is C16H18FN3O2. The minimum Gasteiger partial charge on any atom is -0.474 e. The van der Waals surface area contributed by atoms with Gasteiger partial charge >= 0.3 is 0 Å². The van der Waals surface area contributed by atoms with Gasteiger partial charge < -0.3 is 14.8 Å². The molecule has 0 aliphatic carbocycles. The van der Waals surface area contributed by atoms with E-state index in [2.05, 4.69) is 15.3 Å². The smallest absolute Gasteiger partial charge is 0.229 e. The summed E-state index contributed by atoms with van der Waals surface area (Å²) in [4.78, 5) is 8.25. The maximum atomic E-state index is 13.7. The first-order chi connectivity index (χ1) is 10.7. The average molecular weight is 303 g/mol. The zero-order valence-electron chi connectivity index (χ0n) is 12.4. The van der Waals surface area contributed by atoms with Gasteiger partial charge in [-0.25, -0.2) is 14.4 Å². The Morgan fingerprint density at radius 1 is 1.14 bits per heavy atom. The third-order valence-corrected chi connectivity index (χ3v) is 3.60. The Kier molecular flexibility index (Phi) is 4.48. The number of aromatic nitrogens is 2. The molecule has 0 spiro atoms. The predicted octanol–water partition coefficient (Wildman–Crippen LogP) is 2.85. The highest BCUT2D eigenvalue weighted by Crippen LogP contribution is 2.29. The molecule has 0 amide bonds. The lowest BCUT2D eigenvalue weighted by molar-refractivity contribution is 0.154. The lowest BCUT2D eigenvalue weighted by Crippen LogP contribution is -2.34. The van der Waals surface area contributed by atoms with Gasteiger partial charge in [0.2, 0.25) is 11.8 Å². The molecule has 0 bridgehead atoms. The normalized spacial score (nSPS) is 15.5. The molecule has 116 valence electrons. The van der Waals surface area contributed by atoms with Gasteiger partial charge in [0, 0.05) is 0 Å². The topological polar surface area (TPSA) is 56.3 Å². The lowest BCUT2D eigenvalue weighted by atomic mass is 10.1. The van der Waals surface area contributed by atoms with Gasteiger partial charge in [-0.1, -0.05) is 12.1 Å². The third kappa shape index (κ3) is 3.33. The second kappa shape index (κ2) is 6.70. The summed E-state index contributed by atoms with van der Waals surface area (Å²) >= 11 is 0. The molecule has 3 rings (SSSR count). The third-order valence-electron chi connectivity index (χ3n) is 3.60. The first-order valence-corrected chi connectivity index (χ1v) is 7.35. The van der Waals surface area contributed by atoms with E-state index in [0.717, 1.165) is 25.9 Å². The van der Waals surface area contributed by atoms with Crippen LogP contribution in [0.1, 0.15) is 18.4 Å². The number of piperidine rings is 1. The summed E-state index contributed by atoms with van der Waals surface area (Å²) in [7, 11) is 0. The van der Waals surface area contributed by atoms with E-state index in [1.165, 1.54) is 12.4 Å². The number of para-hydroxylation sites is 1. The van der Waals surface area contributed by atoms with Crippen LogP contribution in [0.15, 0.2) is 30.6 Å². The van der Waals surface area contributed by atoms with Crippen molar-refractivity contribution >= 4 is 0 Å².